The largest absolute Gasteiger partial charge is 0.324 e. The van der Waals surface area contributed by atoms with Crippen molar-refractivity contribution in [2.24, 2.45) is 5.73 Å². The average Bonchev–Trinajstić information content (AvgIpc) is 2.71. The molecule has 0 saturated carbocycles. The highest BCUT2D eigenvalue weighted by atomic mass is 35.5. The number of rotatable bonds is 3. The van der Waals surface area contributed by atoms with Crippen LogP contribution in [0.25, 0.3) is 5.69 Å². The Bertz CT molecular complexity index is 512. The summed E-state index contributed by atoms with van der Waals surface area (Å²) >= 11 is 5.87. The second kappa shape index (κ2) is 4.85. The van der Waals surface area contributed by atoms with E-state index in [1.54, 1.807) is 0 Å². The Labute approximate surface area is 105 Å². The molecule has 90 valence electrons. The third kappa shape index (κ3) is 2.18. The van der Waals surface area contributed by atoms with E-state index < -0.39 is 0 Å². The van der Waals surface area contributed by atoms with E-state index in [1.165, 1.54) is 5.56 Å². The lowest BCUT2D eigenvalue weighted by atomic mass is 10.1. The van der Waals surface area contributed by atoms with E-state index in [9.17, 15) is 0 Å². The molecule has 0 bridgehead atoms. The summed E-state index contributed by atoms with van der Waals surface area (Å²) in [7, 11) is 0. The number of aryl methyl sites for hydroxylation is 2. The van der Waals surface area contributed by atoms with Gasteiger partial charge in [0.25, 0.3) is 0 Å². The van der Waals surface area contributed by atoms with Gasteiger partial charge in [0, 0.05) is 0 Å². The van der Waals surface area contributed by atoms with E-state index in [0.717, 1.165) is 22.9 Å². The predicted molar refractivity (Wildman–Crippen MR) is 68.3 cm³/mol. The van der Waals surface area contributed by atoms with E-state index >= 15 is 0 Å². The molecule has 0 unspecified atom stereocenters. The lowest BCUT2D eigenvalue weighted by molar-refractivity contribution is 0.843. The number of hydrogen-bond acceptors (Lipinski definition) is 3. The molecule has 0 amide bonds. The first-order valence-corrected chi connectivity index (χ1v) is 5.97. The molecule has 0 fully saturated rings. The molecule has 2 rings (SSSR count). The standard InChI is InChI=1S/C12H15ClN4/c1-8-3-4-10(9(2)5-8)17-11(6-13)15-16-12(17)7-14/h3-5H,6-7,14H2,1-2H3. The molecular formula is C12H15ClN4. The van der Waals surface area contributed by atoms with Gasteiger partial charge in [-0.3, -0.25) is 4.57 Å². The van der Waals surface area contributed by atoms with Crippen LogP contribution >= 0.6 is 11.6 Å². The van der Waals surface area contributed by atoms with Crippen molar-refractivity contribution in [1.29, 1.82) is 0 Å². The first-order valence-electron chi connectivity index (χ1n) is 5.44. The fourth-order valence-electron chi connectivity index (χ4n) is 1.91. The molecule has 2 aromatic rings. The summed E-state index contributed by atoms with van der Waals surface area (Å²) in [4.78, 5) is 0. The van der Waals surface area contributed by atoms with E-state index in [4.69, 9.17) is 17.3 Å². The molecule has 0 aliphatic heterocycles. The average molecular weight is 251 g/mol. The summed E-state index contributed by atoms with van der Waals surface area (Å²) in [5, 5.41) is 8.10. The summed E-state index contributed by atoms with van der Waals surface area (Å²) in [5.41, 5.74) is 9.09. The van der Waals surface area contributed by atoms with Crippen LogP contribution in [0.2, 0.25) is 0 Å². The Morgan fingerprint density at radius 3 is 2.53 bits per heavy atom. The highest BCUT2D eigenvalue weighted by Crippen LogP contribution is 2.19. The van der Waals surface area contributed by atoms with Crippen molar-refractivity contribution in [2.45, 2.75) is 26.3 Å². The van der Waals surface area contributed by atoms with Crippen molar-refractivity contribution < 1.29 is 0 Å². The van der Waals surface area contributed by atoms with Gasteiger partial charge in [-0.05, 0) is 25.5 Å². The Hall–Kier alpha value is -1.39. The minimum atomic E-state index is 0.320. The van der Waals surface area contributed by atoms with E-state index in [2.05, 4.69) is 36.2 Å². The lowest BCUT2D eigenvalue weighted by Crippen LogP contribution is -2.10. The van der Waals surface area contributed by atoms with Crippen LogP contribution in [0.1, 0.15) is 22.8 Å². The fraction of sp³-hybridized carbons (Fsp3) is 0.333. The monoisotopic (exact) mass is 250 g/mol. The van der Waals surface area contributed by atoms with Gasteiger partial charge in [-0.25, -0.2) is 0 Å². The van der Waals surface area contributed by atoms with Crippen molar-refractivity contribution >= 4 is 11.6 Å². The highest BCUT2D eigenvalue weighted by molar-refractivity contribution is 6.16. The first kappa shape index (κ1) is 12.1. The SMILES string of the molecule is Cc1ccc(-n2c(CN)nnc2CCl)c(C)c1. The Morgan fingerprint density at radius 2 is 1.94 bits per heavy atom. The summed E-state index contributed by atoms with van der Waals surface area (Å²) in [6.07, 6.45) is 0. The first-order chi connectivity index (χ1) is 8.17. The van der Waals surface area contributed by atoms with Crippen LogP contribution in [-0.4, -0.2) is 14.8 Å². The third-order valence-electron chi connectivity index (χ3n) is 2.69. The summed E-state index contributed by atoms with van der Waals surface area (Å²) in [6, 6.07) is 6.22. The third-order valence-corrected chi connectivity index (χ3v) is 2.93. The molecule has 0 radical (unpaired) electrons. The minimum Gasteiger partial charge on any atom is -0.324 e. The molecule has 1 aromatic carbocycles. The summed E-state index contributed by atoms with van der Waals surface area (Å²) in [5.74, 6) is 1.77. The molecule has 4 nitrogen and oxygen atoms in total. The Morgan fingerprint density at radius 1 is 1.24 bits per heavy atom. The van der Waals surface area contributed by atoms with Crippen molar-refractivity contribution in [2.75, 3.05) is 0 Å². The Kier molecular flexibility index (Phi) is 3.45. The van der Waals surface area contributed by atoms with Crippen LogP contribution in [0.4, 0.5) is 0 Å². The quantitative estimate of drug-likeness (QED) is 0.849. The van der Waals surface area contributed by atoms with E-state index in [-0.39, 0.29) is 0 Å². The minimum absolute atomic E-state index is 0.320. The lowest BCUT2D eigenvalue weighted by Gasteiger charge is -2.12. The molecule has 0 spiro atoms. The van der Waals surface area contributed by atoms with Gasteiger partial charge in [-0.2, -0.15) is 0 Å². The van der Waals surface area contributed by atoms with Gasteiger partial charge in [0.2, 0.25) is 0 Å². The molecule has 2 N–H and O–H groups in total. The molecule has 0 atom stereocenters. The van der Waals surface area contributed by atoms with Crippen LogP contribution in [-0.2, 0) is 12.4 Å². The van der Waals surface area contributed by atoms with Crippen LogP contribution in [0.3, 0.4) is 0 Å². The summed E-state index contributed by atoms with van der Waals surface area (Å²) < 4.78 is 1.93. The molecule has 1 heterocycles. The van der Waals surface area contributed by atoms with Crippen LogP contribution < -0.4 is 5.73 Å². The van der Waals surface area contributed by atoms with Gasteiger partial charge in [-0.15, -0.1) is 21.8 Å². The number of hydrogen-bond donors (Lipinski definition) is 1. The molecule has 0 aliphatic rings. The number of alkyl halides is 1. The van der Waals surface area contributed by atoms with Crippen molar-refractivity contribution in [3.8, 4) is 5.69 Å². The number of nitrogens with zero attached hydrogens (tertiary/aromatic N) is 3. The van der Waals surface area contributed by atoms with Gasteiger partial charge in [0.05, 0.1) is 18.1 Å². The normalized spacial score (nSPS) is 10.8. The zero-order valence-corrected chi connectivity index (χ0v) is 10.7. The highest BCUT2D eigenvalue weighted by Gasteiger charge is 2.13. The Balaban J connectivity index is 2.62. The van der Waals surface area contributed by atoms with Crippen LogP contribution in [0, 0.1) is 13.8 Å². The maximum absolute atomic E-state index is 5.87. The zero-order chi connectivity index (χ0) is 12.4. The van der Waals surface area contributed by atoms with Gasteiger partial charge in [-0.1, -0.05) is 17.7 Å². The number of halogens is 1. The second-order valence-corrected chi connectivity index (χ2v) is 4.26. The maximum atomic E-state index is 5.87. The topological polar surface area (TPSA) is 56.7 Å². The molecule has 17 heavy (non-hydrogen) atoms. The molecule has 1 aromatic heterocycles. The zero-order valence-electron chi connectivity index (χ0n) is 9.94. The van der Waals surface area contributed by atoms with Crippen molar-refractivity contribution in [3.63, 3.8) is 0 Å². The number of benzene rings is 1. The van der Waals surface area contributed by atoms with Crippen LogP contribution in [0.15, 0.2) is 18.2 Å². The van der Waals surface area contributed by atoms with Gasteiger partial charge < -0.3 is 5.73 Å². The molecule has 0 aliphatic carbocycles. The smallest absolute Gasteiger partial charge is 0.152 e. The maximum Gasteiger partial charge on any atom is 0.152 e. The molecule has 0 saturated heterocycles. The van der Waals surface area contributed by atoms with Crippen molar-refractivity contribution in [1.82, 2.24) is 14.8 Å². The summed E-state index contributed by atoms with van der Waals surface area (Å²) in [6.45, 7) is 4.47. The molecule has 5 heteroatoms. The van der Waals surface area contributed by atoms with Crippen LogP contribution in [0.5, 0.6) is 0 Å². The van der Waals surface area contributed by atoms with Gasteiger partial charge in [0.1, 0.15) is 0 Å². The predicted octanol–water partition coefficient (Wildman–Crippen LogP) is 2.08. The van der Waals surface area contributed by atoms with Gasteiger partial charge >= 0.3 is 0 Å². The van der Waals surface area contributed by atoms with Gasteiger partial charge in [0.15, 0.2) is 11.6 Å². The second-order valence-electron chi connectivity index (χ2n) is 4.00. The fourth-order valence-corrected chi connectivity index (χ4v) is 2.08. The number of nitrogens with two attached hydrogens (primary N) is 1. The van der Waals surface area contributed by atoms with E-state index in [1.807, 2.05) is 10.6 Å². The molecular weight excluding hydrogens is 236 g/mol. The number of aromatic nitrogens is 3. The van der Waals surface area contributed by atoms with Crippen molar-refractivity contribution in [3.05, 3.63) is 41.0 Å². The van der Waals surface area contributed by atoms with E-state index in [0.29, 0.717) is 12.4 Å².